The number of nitrogens with one attached hydrogen (secondary N) is 2. The van der Waals surface area contributed by atoms with E-state index in [2.05, 4.69) is 10.6 Å². The monoisotopic (exact) mass is 454 g/mol. The van der Waals surface area contributed by atoms with Crippen LogP contribution in [0.1, 0.15) is 5.56 Å². The molecule has 31 heavy (non-hydrogen) atoms. The minimum atomic E-state index is -3.67. The maximum absolute atomic E-state index is 13.1. The normalized spacial score (nSPS) is 12.8. The molecule has 0 unspecified atom stereocenters. The average Bonchev–Trinajstić information content (AvgIpc) is 3.19. The third kappa shape index (κ3) is 4.35. The summed E-state index contributed by atoms with van der Waals surface area (Å²) in [6, 6.07) is 19.7. The zero-order valence-electron chi connectivity index (χ0n) is 16.2. The Morgan fingerprint density at radius 2 is 1.68 bits per heavy atom. The Morgan fingerprint density at radius 3 is 2.42 bits per heavy atom. The number of thiocarbonyl (C=S) groups is 1. The van der Waals surface area contributed by atoms with E-state index in [1.54, 1.807) is 24.3 Å². The van der Waals surface area contributed by atoms with E-state index in [0.717, 1.165) is 5.56 Å². The van der Waals surface area contributed by atoms with Crippen LogP contribution < -0.4 is 14.9 Å². The van der Waals surface area contributed by atoms with Crippen molar-refractivity contribution >= 4 is 50.1 Å². The molecule has 0 bridgehead atoms. The number of para-hydroxylation sites is 1. The molecule has 1 aliphatic rings. The van der Waals surface area contributed by atoms with Crippen molar-refractivity contribution in [3.05, 3.63) is 88.5 Å². The molecule has 0 aliphatic carbocycles. The molecule has 0 radical (unpaired) electrons. The third-order valence-electron chi connectivity index (χ3n) is 4.86. The highest BCUT2D eigenvalue weighted by molar-refractivity contribution is 7.92. The number of non-ortho nitro benzene ring substituents is 1. The summed E-state index contributed by atoms with van der Waals surface area (Å²) < 4.78 is 27.6. The lowest BCUT2D eigenvalue weighted by atomic mass is 10.2. The van der Waals surface area contributed by atoms with Crippen molar-refractivity contribution in [2.24, 2.45) is 0 Å². The van der Waals surface area contributed by atoms with Gasteiger partial charge in [0.05, 0.1) is 15.5 Å². The molecular weight excluding hydrogens is 436 g/mol. The van der Waals surface area contributed by atoms with Crippen LogP contribution in [0.2, 0.25) is 0 Å². The first-order valence-electron chi connectivity index (χ1n) is 9.38. The summed E-state index contributed by atoms with van der Waals surface area (Å²) in [4.78, 5) is 10.6. The summed E-state index contributed by atoms with van der Waals surface area (Å²) in [6.45, 7) is 0.416. The van der Waals surface area contributed by atoms with E-state index >= 15 is 0 Å². The number of fused-ring (bicyclic) bond motifs is 1. The second-order valence-corrected chi connectivity index (χ2v) is 9.14. The largest absolute Gasteiger partial charge is 0.332 e. The minimum Gasteiger partial charge on any atom is -0.332 e. The summed E-state index contributed by atoms with van der Waals surface area (Å²) in [5.74, 6) is 0. The van der Waals surface area contributed by atoms with Gasteiger partial charge in [0.15, 0.2) is 5.11 Å². The highest BCUT2D eigenvalue weighted by atomic mass is 32.2. The Morgan fingerprint density at radius 1 is 0.968 bits per heavy atom. The second-order valence-electron chi connectivity index (χ2n) is 6.87. The van der Waals surface area contributed by atoms with Crippen LogP contribution in [0.25, 0.3) is 0 Å². The van der Waals surface area contributed by atoms with Crippen LogP contribution in [0.5, 0.6) is 0 Å². The minimum absolute atomic E-state index is 0.0501. The lowest BCUT2D eigenvalue weighted by molar-refractivity contribution is -0.384. The van der Waals surface area contributed by atoms with Crippen molar-refractivity contribution in [3.63, 3.8) is 0 Å². The van der Waals surface area contributed by atoms with Crippen LogP contribution in [0.4, 0.5) is 22.7 Å². The van der Waals surface area contributed by atoms with Crippen molar-refractivity contribution < 1.29 is 13.3 Å². The summed E-state index contributed by atoms with van der Waals surface area (Å²) in [7, 11) is -3.67. The number of nitro benzene ring substituents is 1. The van der Waals surface area contributed by atoms with E-state index in [9.17, 15) is 18.5 Å². The first kappa shape index (κ1) is 20.8. The molecule has 0 amide bonds. The number of nitro groups is 1. The molecule has 1 aliphatic heterocycles. The molecule has 0 spiro atoms. The topological polar surface area (TPSA) is 105 Å². The number of hydrogen-bond donors (Lipinski definition) is 2. The lowest BCUT2D eigenvalue weighted by Crippen LogP contribution is -2.29. The molecule has 1 heterocycles. The SMILES string of the molecule is O=[N+]([O-])c1cccc(NC(=S)Nc2ccc(S(=O)(=O)N3CCc4ccccc43)cc2)c1. The number of rotatable bonds is 5. The molecule has 8 nitrogen and oxygen atoms in total. The van der Waals surface area contributed by atoms with Crippen LogP contribution >= 0.6 is 12.2 Å². The number of hydrogen-bond acceptors (Lipinski definition) is 5. The Hall–Kier alpha value is -3.50. The van der Waals surface area contributed by atoms with Gasteiger partial charge in [-0.25, -0.2) is 8.42 Å². The van der Waals surface area contributed by atoms with Crippen molar-refractivity contribution in [3.8, 4) is 0 Å². The quantitative estimate of drug-likeness (QED) is 0.339. The Balaban J connectivity index is 1.45. The van der Waals surface area contributed by atoms with Gasteiger partial charge in [0, 0.05) is 30.1 Å². The van der Waals surface area contributed by atoms with Gasteiger partial charge < -0.3 is 10.6 Å². The average molecular weight is 455 g/mol. The van der Waals surface area contributed by atoms with Gasteiger partial charge >= 0.3 is 0 Å². The van der Waals surface area contributed by atoms with Gasteiger partial charge in [-0.15, -0.1) is 0 Å². The molecule has 0 saturated carbocycles. The molecule has 10 heteroatoms. The number of nitrogens with zero attached hydrogens (tertiary/aromatic N) is 2. The van der Waals surface area contributed by atoms with Crippen LogP contribution in [0.15, 0.2) is 77.7 Å². The Bertz CT molecular complexity index is 1260. The summed E-state index contributed by atoms with van der Waals surface area (Å²) in [5, 5.41) is 16.9. The summed E-state index contributed by atoms with van der Waals surface area (Å²) >= 11 is 5.25. The van der Waals surface area contributed by atoms with Crippen molar-refractivity contribution in [2.75, 3.05) is 21.5 Å². The third-order valence-corrected chi connectivity index (χ3v) is 6.89. The van der Waals surface area contributed by atoms with Gasteiger partial charge in [-0.05, 0) is 60.6 Å². The van der Waals surface area contributed by atoms with Gasteiger partial charge in [-0.3, -0.25) is 14.4 Å². The van der Waals surface area contributed by atoms with Crippen molar-refractivity contribution in [2.45, 2.75) is 11.3 Å². The molecule has 158 valence electrons. The van der Waals surface area contributed by atoms with Crippen molar-refractivity contribution in [1.29, 1.82) is 0 Å². The van der Waals surface area contributed by atoms with E-state index in [-0.39, 0.29) is 15.7 Å². The molecule has 0 aromatic heterocycles. The molecular formula is C21H18N4O4S2. The summed E-state index contributed by atoms with van der Waals surface area (Å²) in [5.41, 5.74) is 2.74. The van der Waals surface area contributed by atoms with Crippen LogP contribution in [0, 0.1) is 10.1 Å². The standard InChI is InChI=1S/C21H18N4O4S2/c26-25(27)18-6-3-5-17(14-18)23-21(30)22-16-8-10-19(11-9-16)31(28,29)24-13-12-15-4-1-2-7-20(15)24/h1-11,14H,12-13H2,(H2,22,23,30). The molecule has 2 N–H and O–H groups in total. The van der Waals surface area contributed by atoms with Crippen LogP contribution in [-0.4, -0.2) is 25.0 Å². The van der Waals surface area contributed by atoms with E-state index in [1.165, 1.54) is 28.6 Å². The van der Waals surface area contributed by atoms with Crippen LogP contribution in [0.3, 0.4) is 0 Å². The fourth-order valence-corrected chi connectivity index (χ4v) is 5.12. The van der Waals surface area contributed by atoms with Gasteiger partial charge in [0.25, 0.3) is 15.7 Å². The van der Waals surface area contributed by atoms with E-state index in [4.69, 9.17) is 12.2 Å². The number of anilines is 3. The van der Waals surface area contributed by atoms with Gasteiger partial charge in [0.2, 0.25) is 0 Å². The van der Waals surface area contributed by atoms with Gasteiger partial charge in [-0.1, -0.05) is 24.3 Å². The van der Waals surface area contributed by atoms with E-state index in [0.29, 0.717) is 30.0 Å². The van der Waals surface area contributed by atoms with Crippen molar-refractivity contribution in [1.82, 2.24) is 0 Å². The highest BCUT2D eigenvalue weighted by Gasteiger charge is 2.30. The number of sulfonamides is 1. The van der Waals surface area contributed by atoms with E-state index in [1.807, 2.05) is 24.3 Å². The lowest BCUT2D eigenvalue weighted by Gasteiger charge is -2.20. The maximum atomic E-state index is 13.1. The summed E-state index contributed by atoms with van der Waals surface area (Å²) in [6.07, 6.45) is 0.687. The zero-order valence-corrected chi connectivity index (χ0v) is 17.8. The molecule has 3 aromatic rings. The molecule has 0 saturated heterocycles. The first-order chi connectivity index (χ1) is 14.8. The second kappa shape index (κ2) is 8.32. The molecule has 4 rings (SSSR count). The Labute approximate surface area is 184 Å². The highest BCUT2D eigenvalue weighted by Crippen LogP contribution is 2.32. The van der Waals surface area contributed by atoms with Crippen LogP contribution in [-0.2, 0) is 16.4 Å². The molecule has 0 atom stereocenters. The fraction of sp³-hybridized carbons (Fsp3) is 0.0952. The van der Waals surface area contributed by atoms with Gasteiger partial charge in [-0.2, -0.15) is 0 Å². The zero-order chi connectivity index (χ0) is 22.0. The maximum Gasteiger partial charge on any atom is 0.271 e. The smallest absolute Gasteiger partial charge is 0.271 e. The molecule has 0 fully saturated rings. The predicted octanol–water partition coefficient (Wildman–Crippen LogP) is 4.16. The number of benzene rings is 3. The first-order valence-corrected chi connectivity index (χ1v) is 11.2. The van der Waals surface area contributed by atoms with E-state index < -0.39 is 14.9 Å². The Kier molecular flexibility index (Phi) is 5.57. The molecule has 3 aromatic carbocycles. The predicted molar refractivity (Wildman–Crippen MR) is 124 cm³/mol. The van der Waals surface area contributed by atoms with Gasteiger partial charge in [0.1, 0.15) is 0 Å². The fourth-order valence-electron chi connectivity index (χ4n) is 3.39.